The molecule has 106 valence electrons. The highest BCUT2D eigenvalue weighted by atomic mass is 32.2. The predicted molar refractivity (Wildman–Crippen MR) is 73.1 cm³/mol. The van der Waals surface area contributed by atoms with Crippen LogP contribution in [0.4, 0.5) is 0 Å². The maximum Gasteiger partial charge on any atom is 0.225 e. The van der Waals surface area contributed by atoms with Crippen molar-refractivity contribution in [3.8, 4) is 0 Å². The van der Waals surface area contributed by atoms with Crippen molar-refractivity contribution < 1.29 is 13.2 Å². The Morgan fingerprint density at radius 3 is 2.44 bits per heavy atom. The third kappa shape index (κ3) is 3.97. The molecular formula is C13H25NO3S. The molecule has 0 saturated carbocycles. The maximum atomic E-state index is 12.4. The second kappa shape index (κ2) is 6.55. The molecule has 1 saturated heterocycles. The van der Waals surface area contributed by atoms with Crippen LogP contribution in [0.3, 0.4) is 0 Å². The van der Waals surface area contributed by atoms with Gasteiger partial charge in [0, 0.05) is 18.5 Å². The van der Waals surface area contributed by atoms with Gasteiger partial charge in [0.1, 0.15) is 0 Å². The third-order valence-corrected chi connectivity index (χ3v) is 5.29. The van der Waals surface area contributed by atoms with Crippen LogP contribution in [-0.2, 0) is 14.6 Å². The van der Waals surface area contributed by atoms with Gasteiger partial charge < -0.3 is 4.90 Å². The molecule has 0 aromatic carbocycles. The normalized spacial score (nSPS) is 23.8. The molecule has 1 amide bonds. The van der Waals surface area contributed by atoms with Crippen LogP contribution in [0.2, 0.25) is 0 Å². The van der Waals surface area contributed by atoms with Crippen LogP contribution in [0, 0.1) is 5.92 Å². The van der Waals surface area contributed by atoms with E-state index in [1.54, 1.807) is 0 Å². The van der Waals surface area contributed by atoms with Gasteiger partial charge in [-0.05, 0) is 19.3 Å². The van der Waals surface area contributed by atoms with E-state index in [0.29, 0.717) is 13.0 Å². The fraction of sp³-hybridized carbons (Fsp3) is 0.923. The van der Waals surface area contributed by atoms with Crippen molar-refractivity contribution in [3.05, 3.63) is 0 Å². The number of hydrogen-bond acceptors (Lipinski definition) is 3. The molecule has 1 aliphatic heterocycles. The number of amides is 1. The van der Waals surface area contributed by atoms with Crippen LogP contribution >= 0.6 is 0 Å². The van der Waals surface area contributed by atoms with Crippen LogP contribution < -0.4 is 0 Å². The van der Waals surface area contributed by atoms with Crippen molar-refractivity contribution in [1.29, 1.82) is 0 Å². The van der Waals surface area contributed by atoms with Crippen molar-refractivity contribution in [2.24, 2.45) is 5.92 Å². The summed E-state index contributed by atoms with van der Waals surface area (Å²) >= 11 is 0. The Hall–Kier alpha value is -0.580. The average Bonchev–Trinajstić information content (AvgIpc) is 2.66. The van der Waals surface area contributed by atoms with Gasteiger partial charge in [-0.3, -0.25) is 4.79 Å². The summed E-state index contributed by atoms with van der Waals surface area (Å²) in [5.74, 6) is 0.510. The molecule has 2 unspecified atom stereocenters. The Balaban J connectivity index is 2.73. The summed E-state index contributed by atoms with van der Waals surface area (Å²) in [5, 5.41) is 0. The van der Waals surface area contributed by atoms with Gasteiger partial charge >= 0.3 is 0 Å². The van der Waals surface area contributed by atoms with Gasteiger partial charge in [-0.15, -0.1) is 0 Å². The molecule has 4 nitrogen and oxygen atoms in total. The summed E-state index contributed by atoms with van der Waals surface area (Å²) in [7, 11) is -2.92. The third-order valence-electron chi connectivity index (χ3n) is 3.54. The molecule has 0 aliphatic carbocycles. The van der Waals surface area contributed by atoms with Crippen molar-refractivity contribution >= 4 is 15.7 Å². The lowest BCUT2D eigenvalue weighted by molar-refractivity contribution is -0.137. The van der Waals surface area contributed by atoms with Crippen LogP contribution in [0.5, 0.6) is 0 Å². The van der Waals surface area contributed by atoms with Crippen LogP contribution in [-0.4, -0.2) is 43.3 Å². The van der Waals surface area contributed by atoms with Gasteiger partial charge in [0.25, 0.3) is 0 Å². The topological polar surface area (TPSA) is 54.5 Å². The molecule has 1 aliphatic rings. The highest BCUT2D eigenvalue weighted by Gasteiger charge is 2.35. The molecule has 0 aromatic heterocycles. The van der Waals surface area contributed by atoms with Crippen molar-refractivity contribution in [1.82, 2.24) is 4.90 Å². The molecule has 1 heterocycles. The van der Waals surface area contributed by atoms with Crippen LogP contribution in [0.15, 0.2) is 0 Å². The second-order valence-electron chi connectivity index (χ2n) is 5.28. The zero-order valence-corrected chi connectivity index (χ0v) is 12.5. The molecule has 1 rings (SSSR count). The molecule has 0 radical (unpaired) electrons. The van der Waals surface area contributed by atoms with Crippen LogP contribution in [0.25, 0.3) is 0 Å². The van der Waals surface area contributed by atoms with Gasteiger partial charge in [-0.1, -0.05) is 27.2 Å². The smallest absolute Gasteiger partial charge is 0.225 e. The van der Waals surface area contributed by atoms with E-state index in [9.17, 15) is 13.2 Å². The molecule has 1 fully saturated rings. The zero-order valence-electron chi connectivity index (χ0n) is 11.7. The monoisotopic (exact) mass is 275 g/mol. The Morgan fingerprint density at radius 2 is 2.00 bits per heavy atom. The quantitative estimate of drug-likeness (QED) is 0.743. The highest BCUT2D eigenvalue weighted by molar-refractivity contribution is 7.91. The number of sulfone groups is 1. The van der Waals surface area contributed by atoms with Crippen molar-refractivity contribution in [2.75, 3.05) is 18.1 Å². The minimum absolute atomic E-state index is 0.00449. The Kier molecular flexibility index (Phi) is 5.63. The summed E-state index contributed by atoms with van der Waals surface area (Å²) in [5.41, 5.74) is 0. The van der Waals surface area contributed by atoms with E-state index >= 15 is 0 Å². The zero-order chi connectivity index (χ0) is 13.8. The summed E-state index contributed by atoms with van der Waals surface area (Å²) in [6, 6.07) is -0.0956. The second-order valence-corrected chi connectivity index (χ2v) is 7.51. The Bertz CT molecular complexity index is 378. The molecule has 0 spiro atoms. The fourth-order valence-electron chi connectivity index (χ4n) is 2.57. The minimum atomic E-state index is -2.92. The van der Waals surface area contributed by atoms with E-state index in [1.165, 1.54) is 0 Å². The number of hydrogen-bond donors (Lipinski definition) is 0. The van der Waals surface area contributed by atoms with Gasteiger partial charge in [0.15, 0.2) is 9.84 Å². The van der Waals surface area contributed by atoms with Gasteiger partial charge in [0.05, 0.1) is 11.5 Å². The lowest BCUT2D eigenvalue weighted by Crippen LogP contribution is -2.44. The summed E-state index contributed by atoms with van der Waals surface area (Å²) in [6.07, 6.45) is 3.34. The van der Waals surface area contributed by atoms with Crippen LogP contribution in [0.1, 0.15) is 46.5 Å². The Labute approximate surface area is 111 Å². The summed E-state index contributed by atoms with van der Waals surface area (Å²) in [4.78, 5) is 14.2. The molecular weight excluding hydrogens is 250 g/mol. The summed E-state index contributed by atoms with van der Waals surface area (Å²) in [6.45, 7) is 6.70. The van der Waals surface area contributed by atoms with E-state index in [2.05, 4.69) is 6.92 Å². The van der Waals surface area contributed by atoms with Crippen molar-refractivity contribution in [3.63, 3.8) is 0 Å². The van der Waals surface area contributed by atoms with Gasteiger partial charge in [-0.2, -0.15) is 0 Å². The van der Waals surface area contributed by atoms with E-state index < -0.39 is 9.84 Å². The van der Waals surface area contributed by atoms with E-state index in [4.69, 9.17) is 0 Å². The van der Waals surface area contributed by atoms with E-state index in [0.717, 1.165) is 19.3 Å². The maximum absolute atomic E-state index is 12.4. The predicted octanol–water partition coefficient (Wildman–Crippen LogP) is 1.85. The SMILES string of the molecule is CCCC(C)C(=O)N(CCC)C1CCS(=O)(=O)C1. The number of rotatable bonds is 6. The Morgan fingerprint density at radius 1 is 1.33 bits per heavy atom. The largest absolute Gasteiger partial charge is 0.338 e. The highest BCUT2D eigenvalue weighted by Crippen LogP contribution is 2.21. The first kappa shape index (κ1) is 15.5. The lowest BCUT2D eigenvalue weighted by Gasteiger charge is -2.30. The van der Waals surface area contributed by atoms with E-state index in [1.807, 2.05) is 18.7 Å². The number of nitrogens with zero attached hydrogens (tertiary/aromatic N) is 1. The first-order valence-electron chi connectivity index (χ1n) is 6.92. The van der Waals surface area contributed by atoms with Gasteiger partial charge in [-0.25, -0.2) is 8.42 Å². The molecule has 0 N–H and O–H groups in total. The molecule has 0 bridgehead atoms. The molecule has 18 heavy (non-hydrogen) atoms. The first-order valence-corrected chi connectivity index (χ1v) is 8.74. The minimum Gasteiger partial charge on any atom is -0.338 e. The van der Waals surface area contributed by atoms with E-state index in [-0.39, 0.29) is 29.4 Å². The molecule has 0 aromatic rings. The number of carbonyl (C=O) groups is 1. The summed E-state index contributed by atoms with van der Waals surface area (Å²) < 4.78 is 23.1. The average molecular weight is 275 g/mol. The molecule has 2 atom stereocenters. The lowest BCUT2D eigenvalue weighted by atomic mass is 10.0. The fourth-order valence-corrected chi connectivity index (χ4v) is 4.31. The number of carbonyl (C=O) groups excluding carboxylic acids is 1. The van der Waals surface area contributed by atoms with Crippen molar-refractivity contribution in [2.45, 2.75) is 52.5 Å². The van der Waals surface area contributed by atoms with Gasteiger partial charge in [0.2, 0.25) is 5.91 Å². The first-order chi connectivity index (χ1) is 8.41. The standard InChI is InChI=1S/C13H25NO3S/c1-4-6-11(3)13(15)14(8-5-2)12-7-9-18(16,17)10-12/h11-12H,4-10H2,1-3H3. The molecule has 5 heteroatoms.